The van der Waals surface area contributed by atoms with Crippen LogP contribution in [0.2, 0.25) is 0 Å². The van der Waals surface area contributed by atoms with Crippen molar-refractivity contribution in [1.82, 2.24) is 10.6 Å². The van der Waals surface area contributed by atoms with E-state index in [1.54, 1.807) is 42.5 Å². The van der Waals surface area contributed by atoms with Crippen LogP contribution >= 0.6 is 15.9 Å². The molecule has 4 N–H and O–H groups in total. The van der Waals surface area contributed by atoms with E-state index >= 15 is 0 Å². The second-order valence-corrected chi connectivity index (χ2v) is 7.72. The predicted octanol–water partition coefficient (Wildman–Crippen LogP) is 4.43. The van der Waals surface area contributed by atoms with Crippen LogP contribution in [-0.4, -0.2) is 11.8 Å². The van der Waals surface area contributed by atoms with Gasteiger partial charge in [-0.25, -0.2) is 0 Å². The maximum atomic E-state index is 12.9. The lowest BCUT2D eigenvalue weighted by Crippen LogP contribution is -2.34. The van der Waals surface area contributed by atoms with E-state index in [-0.39, 0.29) is 17.5 Å². The van der Waals surface area contributed by atoms with Crippen molar-refractivity contribution in [3.05, 3.63) is 105 Å². The molecule has 0 saturated heterocycles. The molecule has 6 heteroatoms. The second kappa shape index (κ2) is 9.89. The number of aryl methyl sites for hydroxylation is 1. The first-order chi connectivity index (χ1) is 14.4. The van der Waals surface area contributed by atoms with Gasteiger partial charge in [-0.3, -0.25) is 9.59 Å². The molecular weight excluding hydrogens is 442 g/mol. The van der Waals surface area contributed by atoms with Crippen LogP contribution in [-0.2, 0) is 11.3 Å². The standard InChI is InChI=1S/C24H22BrN3O2/c1-16-12-20(25)11-10-19(16)14-22(28-23(29)18-7-3-2-4-8-18)24(30)27-15-17-6-5-9-21(26)13-17/h2-14H,15,26H2,1H3,(H,27,30)(H,28,29)/b22-14-. The Morgan fingerprint density at radius 2 is 1.77 bits per heavy atom. The lowest BCUT2D eigenvalue weighted by atomic mass is 10.1. The summed E-state index contributed by atoms with van der Waals surface area (Å²) in [6.45, 7) is 2.24. The van der Waals surface area contributed by atoms with E-state index in [1.165, 1.54) is 0 Å². The molecule has 3 aromatic rings. The summed E-state index contributed by atoms with van der Waals surface area (Å²) in [5.74, 6) is -0.736. The van der Waals surface area contributed by atoms with Crippen molar-refractivity contribution in [2.45, 2.75) is 13.5 Å². The van der Waals surface area contributed by atoms with Gasteiger partial charge >= 0.3 is 0 Å². The Morgan fingerprint density at radius 3 is 2.47 bits per heavy atom. The summed E-state index contributed by atoms with van der Waals surface area (Å²) in [6, 6.07) is 21.8. The molecule has 0 atom stereocenters. The Kier molecular flexibility index (Phi) is 7.03. The Bertz CT molecular complexity index is 1090. The molecule has 0 aliphatic rings. The van der Waals surface area contributed by atoms with E-state index in [9.17, 15) is 9.59 Å². The first kappa shape index (κ1) is 21.3. The van der Waals surface area contributed by atoms with Crippen molar-refractivity contribution < 1.29 is 9.59 Å². The minimum absolute atomic E-state index is 0.165. The van der Waals surface area contributed by atoms with Crippen LogP contribution in [0.1, 0.15) is 27.0 Å². The van der Waals surface area contributed by atoms with Crippen LogP contribution in [0.15, 0.2) is 83.0 Å². The van der Waals surface area contributed by atoms with Crippen LogP contribution in [0.25, 0.3) is 6.08 Å². The second-order valence-electron chi connectivity index (χ2n) is 6.81. The maximum Gasteiger partial charge on any atom is 0.268 e. The van der Waals surface area contributed by atoms with Crippen molar-refractivity contribution in [3.8, 4) is 0 Å². The zero-order chi connectivity index (χ0) is 21.5. The summed E-state index contributed by atoms with van der Waals surface area (Å²) in [4.78, 5) is 25.6. The molecule has 0 spiro atoms. The number of halogens is 1. The van der Waals surface area contributed by atoms with E-state index in [0.29, 0.717) is 17.8 Å². The fourth-order valence-corrected chi connectivity index (χ4v) is 3.36. The minimum atomic E-state index is -0.385. The maximum absolute atomic E-state index is 12.9. The summed E-state index contributed by atoms with van der Waals surface area (Å²) < 4.78 is 0.943. The number of benzene rings is 3. The van der Waals surface area contributed by atoms with Crippen LogP contribution < -0.4 is 16.4 Å². The van der Waals surface area contributed by atoms with Crippen molar-refractivity contribution in [3.63, 3.8) is 0 Å². The molecule has 0 unspecified atom stereocenters. The SMILES string of the molecule is Cc1cc(Br)ccc1/C=C(\NC(=O)c1ccccc1)C(=O)NCc1cccc(N)c1. The smallest absolute Gasteiger partial charge is 0.268 e. The summed E-state index contributed by atoms with van der Waals surface area (Å²) >= 11 is 3.44. The number of hydrogen-bond donors (Lipinski definition) is 3. The van der Waals surface area contributed by atoms with Crippen molar-refractivity contribution in [2.75, 3.05) is 5.73 Å². The van der Waals surface area contributed by atoms with Crippen molar-refractivity contribution >= 4 is 39.5 Å². The molecule has 0 bridgehead atoms. The van der Waals surface area contributed by atoms with Gasteiger partial charge in [0.15, 0.2) is 0 Å². The number of nitrogens with two attached hydrogens (primary N) is 1. The summed E-state index contributed by atoms with van der Waals surface area (Å²) in [5, 5.41) is 5.59. The van der Waals surface area contributed by atoms with Gasteiger partial charge in [-0.2, -0.15) is 0 Å². The van der Waals surface area contributed by atoms with Gasteiger partial charge in [0.2, 0.25) is 0 Å². The zero-order valence-electron chi connectivity index (χ0n) is 16.5. The molecule has 30 heavy (non-hydrogen) atoms. The molecule has 3 rings (SSSR count). The summed E-state index contributed by atoms with van der Waals surface area (Å²) in [6.07, 6.45) is 1.68. The van der Waals surface area contributed by atoms with E-state index < -0.39 is 0 Å². The average molecular weight is 464 g/mol. The molecule has 0 heterocycles. The van der Waals surface area contributed by atoms with Gasteiger partial charge in [-0.15, -0.1) is 0 Å². The van der Waals surface area contributed by atoms with Crippen LogP contribution in [0.5, 0.6) is 0 Å². The Labute approximate surface area is 184 Å². The number of carbonyl (C=O) groups excluding carboxylic acids is 2. The topological polar surface area (TPSA) is 84.2 Å². The molecule has 0 aromatic heterocycles. The largest absolute Gasteiger partial charge is 0.399 e. The molecule has 3 aromatic carbocycles. The molecule has 0 aliphatic carbocycles. The highest BCUT2D eigenvalue weighted by atomic mass is 79.9. The molecule has 2 amide bonds. The van der Waals surface area contributed by atoms with Crippen molar-refractivity contribution in [1.29, 1.82) is 0 Å². The number of nitrogens with one attached hydrogen (secondary N) is 2. The summed E-state index contributed by atoms with van der Waals surface area (Å²) in [5.41, 5.74) is 9.74. The quantitative estimate of drug-likeness (QED) is 0.373. The third-order valence-corrected chi connectivity index (χ3v) is 4.96. The van der Waals surface area contributed by atoms with E-state index in [4.69, 9.17) is 5.73 Å². The highest BCUT2D eigenvalue weighted by Gasteiger charge is 2.15. The normalized spacial score (nSPS) is 11.1. The monoisotopic (exact) mass is 463 g/mol. The minimum Gasteiger partial charge on any atom is -0.399 e. The van der Waals surface area contributed by atoms with Crippen LogP contribution in [0, 0.1) is 6.92 Å². The number of amides is 2. The lowest BCUT2D eigenvalue weighted by Gasteiger charge is -2.12. The summed E-state index contributed by atoms with van der Waals surface area (Å²) in [7, 11) is 0. The molecule has 0 saturated carbocycles. The van der Waals surface area contributed by atoms with Gasteiger partial charge in [0.05, 0.1) is 0 Å². The van der Waals surface area contributed by atoms with Crippen LogP contribution in [0.3, 0.4) is 0 Å². The van der Waals surface area contributed by atoms with E-state index in [0.717, 1.165) is 21.2 Å². The Hall–Kier alpha value is -3.38. The third-order valence-electron chi connectivity index (χ3n) is 4.46. The zero-order valence-corrected chi connectivity index (χ0v) is 18.1. The van der Waals surface area contributed by atoms with Crippen molar-refractivity contribution in [2.24, 2.45) is 0 Å². The van der Waals surface area contributed by atoms with Gasteiger partial charge in [-0.1, -0.05) is 52.3 Å². The fourth-order valence-electron chi connectivity index (χ4n) is 2.88. The molecular formula is C24H22BrN3O2. The average Bonchev–Trinajstić information content (AvgIpc) is 2.74. The number of nitrogen functional groups attached to an aromatic ring is 1. The third kappa shape index (κ3) is 5.81. The number of anilines is 1. The number of carbonyl (C=O) groups is 2. The molecule has 5 nitrogen and oxygen atoms in total. The lowest BCUT2D eigenvalue weighted by molar-refractivity contribution is -0.117. The molecule has 0 aliphatic heterocycles. The van der Waals surface area contributed by atoms with Gasteiger partial charge in [0.25, 0.3) is 11.8 Å². The molecule has 0 fully saturated rings. The van der Waals surface area contributed by atoms with Crippen LogP contribution in [0.4, 0.5) is 5.69 Å². The van der Waals surface area contributed by atoms with E-state index in [2.05, 4.69) is 26.6 Å². The number of hydrogen-bond acceptors (Lipinski definition) is 3. The molecule has 0 radical (unpaired) electrons. The highest BCUT2D eigenvalue weighted by Crippen LogP contribution is 2.18. The predicted molar refractivity (Wildman–Crippen MR) is 123 cm³/mol. The van der Waals surface area contributed by atoms with Gasteiger partial charge in [0.1, 0.15) is 5.70 Å². The Morgan fingerprint density at radius 1 is 1.00 bits per heavy atom. The van der Waals surface area contributed by atoms with E-state index in [1.807, 2.05) is 43.3 Å². The van der Waals surface area contributed by atoms with Gasteiger partial charge in [0, 0.05) is 22.3 Å². The first-order valence-electron chi connectivity index (χ1n) is 9.39. The molecule has 152 valence electrons. The number of rotatable bonds is 6. The first-order valence-corrected chi connectivity index (χ1v) is 10.2. The van der Waals surface area contributed by atoms with Gasteiger partial charge < -0.3 is 16.4 Å². The Balaban J connectivity index is 1.85. The highest BCUT2D eigenvalue weighted by molar-refractivity contribution is 9.10. The fraction of sp³-hybridized carbons (Fsp3) is 0.0833. The van der Waals surface area contributed by atoms with Gasteiger partial charge in [-0.05, 0) is 66.1 Å².